The van der Waals surface area contributed by atoms with Crippen molar-refractivity contribution in [2.24, 2.45) is 0 Å². The van der Waals surface area contributed by atoms with Crippen LogP contribution in [-0.4, -0.2) is 20.6 Å². The molecule has 0 spiro atoms. The van der Waals surface area contributed by atoms with E-state index in [1.54, 1.807) is 35.9 Å². The Morgan fingerprint density at radius 1 is 1.24 bits per heavy atom. The van der Waals surface area contributed by atoms with Crippen LogP contribution in [0.1, 0.15) is 22.4 Å². The summed E-state index contributed by atoms with van der Waals surface area (Å²) in [5.74, 6) is -0.968. The molecule has 0 aliphatic carbocycles. The first-order chi connectivity index (χ1) is 11.8. The van der Waals surface area contributed by atoms with E-state index in [2.05, 4.69) is 4.98 Å². The zero-order valence-electron chi connectivity index (χ0n) is 13.3. The van der Waals surface area contributed by atoms with E-state index >= 15 is 0 Å². The Morgan fingerprint density at radius 3 is 2.68 bits per heavy atom. The van der Waals surface area contributed by atoms with Crippen LogP contribution in [0, 0.1) is 6.92 Å². The smallest absolute Gasteiger partial charge is 0.416 e. The zero-order chi connectivity index (χ0) is 18.2. The third-order valence-corrected chi connectivity index (χ3v) is 4.13. The molecule has 3 aromatic rings. The van der Waals surface area contributed by atoms with Gasteiger partial charge in [-0.3, -0.25) is 4.79 Å². The molecule has 0 amide bonds. The van der Waals surface area contributed by atoms with Crippen molar-refractivity contribution >= 4 is 17.0 Å². The summed E-state index contributed by atoms with van der Waals surface area (Å²) in [5, 5.41) is 9.82. The van der Waals surface area contributed by atoms with Crippen LogP contribution in [0.4, 0.5) is 13.2 Å². The molecule has 130 valence electrons. The number of hydrogen-bond donors (Lipinski definition) is 1. The summed E-state index contributed by atoms with van der Waals surface area (Å²) < 4.78 is 40.5. The minimum atomic E-state index is -4.41. The third kappa shape index (κ3) is 3.35. The van der Waals surface area contributed by atoms with Gasteiger partial charge in [0.15, 0.2) is 0 Å². The maximum Gasteiger partial charge on any atom is 0.416 e. The lowest BCUT2D eigenvalue weighted by atomic mass is 10.1. The quantitative estimate of drug-likeness (QED) is 0.774. The highest BCUT2D eigenvalue weighted by Gasteiger charge is 2.30. The van der Waals surface area contributed by atoms with E-state index in [1.807, 2.05) is 0 Å². The van der Waals surface area contributed by atoms with Crippen molar-refractivity contribution in [3.8, 4) is 0 Å². The molecule has 0 atom stereocenters. The van der Waals surface area contributed by atoms with Gasteiger partial charge in [0.1, 0.15) is 5.65 Å². The van der Waals surface area contributed by atoms with E-state index in [0.717, 1.165) is 12.1 Å². The Hall–Kier alpha value is -2.83. The van der Waals surface area contributed by atoms with Crippen LogP contribution in [0.3, 0.4) is 0 Å². The van der Waals surface area contributed by atoms with Crippen molar-refractivity contribution in [3.63, 3.8) is 0 Å². The first-order valence-corrected chi connectivity index (χ1v) is 7.58. The highest BCUT2D eigenvalue weighted by atomic mass is 19.4. The Bertz CT molecular complexity index is 945. The molecule has 0 aliphatic heterocycles. The lowest BCUT2D eigenvalue weighted by Crippen LogP contribution is -2.08. The summed E-state index contributed by atoms with van der Waals surface area (Å²) in [7, 11) is 0. The third-order valence-electron chi connectivity index (χ3n) is 4.13. The van der Waals surface area contributed by atoms with E-state index in [0.29, 0.717) is 27.9 Å². The molecule has 0 radical (unpaired) electrons. The molecule has 1 aromatic carbocycles. The number of nitrogens with zero attached hydrogens (tertiary/aromatic N) is 2. The van der Waals surface area contributed by atoms with Gasteiger partial charge in [-0.25, -0.2) is 4.98 Å². The number of carboxylic acid groups (broad SMARTS) is 1. The zero-order valence-corrected chi connectivity index (χ0v) is 13.3. The van der Waals surface area contributed by atoms with Crippen molar-refractivity contribution in [2.75, 3.05) is 0 Å². The van der Waals surface area contributed by atoms with Gasteiger partial charge in [0.2, 0.25) is 0 Å². The summed E-state index contributed by atoms with van der Waals surface area (Å²) in [4.78, 5) is 15.4. The van der Waals surface area contributed by atoms with Crippen molar-refractivity contribution < 1.29 is 23.1 Å². The molecule has 7 heteroatoms. The van der Waals surface area contributed by atoms with E-state index in [-0.39, 0.29) is 13.0 Å². The van der Waals surface area contributed by atoms with Gasteiger partial charge in [-0.05, 0) is 42.3 Å². The van der Waals surface area contributed by atoms with Crippen LogP contribution in [0.2, 0.25) is 0 Å². The Kier molecular flexibility index (Phi) is 4.24. The Labute approximate surface area is 141 Å². The molecule has 0 fully saturated rings. The molecule has 0 saturated heterocycles. The van der Waals surface area contributed by atoms with Crippen molar-refractivity contribution in [1.82, 2.24) is 9.55 Å². The van der Waals surface area contributed by atoms with Gasteiger partial charge in [0.25, 0.3) is 0 Å². The second-order valence-electron chi connectivity index (χ2n) is 5.79. The number of rotatable bonds is 4. The number of aromatic nitrogens is 2. The molecule has 1 N–H and O–H groups in total. The predicted octanol–water partition coefficient (Wildman–Crippen LogP) is 4.04. The fourth-order valence-electron chi connectivity index (χ4n) is 2.96. The normalized spacial score (nSPS) is 11.8. The number of pyridine rings is 1. The SMILES string of the molecule is Cc1c(CC(=O)O)c2cccnc2n1Cc1cccc(C(F)(F)F)c1. The van der Waals surface area contributed by atoms with Crippen LogP contribution < -0.4 is 0 Å². The number of aliphatic carboxylic acids is 1. The number of carbonyl (C=O) groups is 1. The Morgan fingerprint density at radius 2 is 2.00 bits per heavy atom. The van der Waals surface area contributed by atoms with Crippen molar-refractivity contribution in [2.45, 2.75) is 26.1 Å². The molecule has 0 bridgehead atoms. The summed E-state index contributed by atoms with van der Waals surface area (Å²) in [6.45, 7) is 1.94. The first-order valence-electron chi connectivity index (χ1n) is 7.58. The van der Waals surface area contributed by atoms with Crippen LogP contribution in [0.5, 0.6) is 0 Å². The summed E-state index contributed by atoms with van der Waals surface area (Å²) in [5.41, 5.74) is 1.64. The highest BCUT2D eigenvalue weighted by Crippen LogP contribution is 2.31. The van der Waals surface area contributed by atoms with Gasteiger partial charge in [0.05, 0.1) is 12.0 Å². The van der Waals surface area contributed by atoms with Crippen molar-refractivity contribution in [1.29, 1.82) is 0 Å². The molecule has 2 aromatic heterocycles. The van der Waals surface area contributed by atoms with E-state index in [4.69, 9.17) is 5.11 Å². The molecule has 25 heavy (non-hydrogen) atoms. The fourth-order valence-corrected chi connectivity index (χ4v) is 2.96. The molecular formula is C18H15F3N2O2. The second kappa shape index (κ2) is 6.23. The summed E-state index contributed by atoms with van der Waals surface area (Å²) >= 11 is 0. The van der Waals surface area contributed by atoms with Gasteiger partial charge in [-0.15, -0.1) is 0 Å². The summed E-state index contributed by atoms with van der Waals surface area (Å²) in [6, 6.07) is 8.59. The molecule has 0 aliphatic rings. The second-order valence-corrected chi connectivity index (χ2v) is 5.79. The fraction of sp³-hybridized carbons (Fsp3) is 0.222. The largest absolute Gasteiger partial charge is 0.481 e. The van der Waals surface area contributed by atoms with Gasteiger partial charge in [-0.2, -0.15) is 13.2 Å². The maximum atomic E-state index is 12.9. The molecule has 3 rings (SSSR count). The molecule has 0 saturated carbocycles. The molecule has 0 unspecified atom stereocenters. The predicted molar refractivity (Wildman–Crippen MR) is 86.4 cm³/mol. The van der Waals surface area contributed by atoms with E-state index < -0.39 is 17.7 Å². The highest BCUT2D eigenvalue weighted by molar-refractivity contribution is 5.86. The van der Waals surface area contributed by atoms with Crippen LogP contribution in [0.15, 0.2) is 42.6 Å². The maximum absolute atomic E-state index is 12.9. The molecule has 2 heterocycles. The lowest BCUT2D eigenvalue weighted by Gasteiger charge is -2.11. The number of carboxylic acids is 1. The van der Waals surface area contributed by atoms with Gasteiger partial charge in [0, 0.05) is 23.8 Å². The van der Waals surface area contributed by atoms with E-state index in [9.17, 15) is 18.0 Å². The number of fused-ring (bicyclic) bond motifs is 1. The van der Waals surface area contributed by atoms with Crippen LogP contribution in [0.25, 0.3) is 11.0 Å². The summed E-state index contributed by atoms with van der Waals surface area (Å²) in [6.07, 6.45) is -2.99. The van der Waals surface area contributed by atoms with Crippen LogP contribution >= 0.6 is 0 Å². The average Bonchev–Trinajstić information content (AvgIpc) is 2.80. The molecular weight excluding hydrogens is 333 g/mol. The molecule has 4 nitrogen and oxygen atoms in total. The van der Waals surface area contributed by atoms with Gasteiger partial charge in [-0.1, -0.05) is 12.1 Å². The standard InChI is InChI=1S/C18H15F3N2O2/c1-11-15(9-16(24)25)14-6-3-7-22-17(14)23(11)10-12-4-2-5-13(8-12)18(19,20)21/h2-8H,9-10H2,1H3,(H,24,25). The van der Waals surface area contributed by atoms with Gasteiger partial charge >= 0.3 is 12.1 Å². The minimum Gasteiger partial charge on any atom is -0.481 e. The number of hydrogen-bond acceptors (Lipinski definition) is 2. The average molecular weight is 348 g/mol. The monoisotopic (exact) mass is 348 g/mol. The van der Waals surface area contributed by atoms with Gasteiger partial charge < -0.3 is 9.67 Å². The number of benzene rings is 1. The van der Waals surface area contributed by atoms with Crippen molar-refractivity contribution in [3.05, 3.63) is 65.0 Å². The number of alkyl halides is 3. The topological polar surface area (TPSA) is 55.1 Å². The Balaban J connectivity index is 2.08. The lowest BCUT2D eigenvalue weighted by molar-refractivity contribution is -0.138. The van der Waals surface area contributed by atoms with Crippen LogP contribution in [-0.2, 0) is 23.9 Å². The minimum absolute atomic E-state index is 0.163. The number of halogens is 3. The van der Waals surface area contributed by atoms with E-state index in [1.165, 1.54) is 6.07 Å². The first kappa shape index (κ1) is 17.0.